The Hall–Kier alpha value is -4.37. The van der Waals surface area contributed by atoms with Gasteiger partial charge < -0.3 is 39.2 Å². The van der Waals surface area contributed by atoms with Crippen LogP contribution >= 0.6 is 22.9 Å². The summed E-state index contributed by atoms with van der Waals surface area (Å²) >= 11 is 8.10. The maximum absolute atomic E-state index is 14.7. The van der Waals surface area contributed by atoms with E-state index in [9.17, 15) is 19.2 Å². The van der Waals surface area contributed by atoms with Crippen LogP contribution in [0.2, 0.25) is 5.02 Å². The first-order valence-corrected chi connectivity index (χ1v) is 20.0. The van der Waals surface area contributed by atoms with Crippen LogP contribution in [0.1, 0.15) is 66.2 Å². The number of ether oxygens (including phenoxy) is 5. The normalized spacial score (nSPS) is 27.2. The molecule has 1 aromatic carbocycles. The van der Waals surface area contributed by atoms with Crippen molar-refractivity contribution in [2.75, 3.05) is 27.9 Å². The lowest BCUT2D eigenvalue weighted by molar-refractivity contribution is -0.148. The number of rotatable bonds is 12. The molecular formula is C39H48ClN5O9S. The minimum absolute atomic E-state index is 0.00219. The molecule has 16 heteroatoms. The number of carbonyl (C=O) groups is 4. The Kier molecular flexibility index (Phi) is 10.6. The number of nitrogens with zero attached hydrogens (tertiary/aromatic N) is 3. The van der Waals surface area contributed by atoms with E-state index in [0.29, 0.717) is 63.7 Å². The Morgan fingerprint density at radius 2 is 1.75 bits per heavy atom. The lowest BCUT2D eigenvalue weighted by atomic mass is 9.85. The van der Waals surface area contributed by atoms with E-state index in [0.717, 1.165) is 12.8 Å². The van der Waals surface area contributed by atoms with Crippen molar-refractivity contribution < 1.29 is 42.9 Å². The second kappa shape index (κ2) is 14.9. The van der Waals surface area contributed by atoms with Gasteiger partial charge in [-0.3, -0.25) is 9.59 Å². The molecule has 8 atom stereocenters. The molecule has 3 aliphatic carbocycles. The van der Waals surface area contributed by atoms with Crippen LogP contribution in [0.25, 0.3) is 22.3 Å². The molecule has 4 aliphatic rings. The molecule has 1 aliphatic heterocycles. The Balaban J connectivity index is 1.20. The number of hydrogen-bond acceptors (Lipinski definition) is 12. The molecule has 0 spiro atoms. The number of benzene rings is 1. The van der Waals surface area contributed by atoms with Crippen LogP contribution in [0.15, 0.2) is 23.6 Å². The molecule has 0 radical (unpaired) electrons. The summed E-state index contributed by atoms with van der Waals surface area (Å²) in [5.41, 5.74) is -0.521. The predicted molar refractivity (Wildman–Crippen MR) is 204 cm³/mol. The average Bonchev–Trinajstić information content (AvgIpc) is 3.80. The molecule has 4 fully saturated rings. The number of esters is 1. The molecule has 0 bridgehead atoms. The highest BCUT2D eigenvalue weighted by atomic mass is 35.5. The highest BCUT2D eigenvalue weighted by Crippen LogP contribution is 2.52. The number of hydrogen-bond donors (Lipinski definition) is 2. The van der Waals surface area contributed by atoms with E-state index in [1.54, 1.807) is 23.6 Å². The lowest BCUT2D eigenvalue weighted by Gasteiger charge is -2.35. The minimum atomic E-state index is -1.18. The largest absolute Gasteiger partial charge is 0.495 e. The van der Waals surface area contributed by atoms with Crippen LogP contribution < -0.4 is 24.8 Å². The molecule has 1 saturated heterocycles. The highest BCUT2D eigenvalue weighted by molar-refractivity contribution is 7.11. The summed E-state index contributed by atoms with van der Waals surface area (Å²) in [6.45, 7) is 7.48. The van der Waals surface area contributed by atoms with Crippen molar-refractivity contribution in [3.63, 3.8) is 0 Å². The van der Waals surface area contributed by atoms with Gasteiger partial charge in [-0.25, -0.2) is 19.6 Å². The number of thiazole rings is 1. The van der Waals surface area contributed by atoms with Gasteiger partial charge in [0.15, 0.2) is 0 Å². The van der Waals surface area contributed by atoms with Crippen LogP contribution in [0.5, 0.6) is 16.7 Å². The van der Waals surface area contributed by atoms with E-state index in [4.69, 9.17) is 40.3 Å². The smallest absolute Gasteiger partial charge is 0.408 e. The summed E-state index contributed by atoms with van der Waals surface area (Å²) in [5, 5.41) is 8.91. The number of likely N-dealkylation sites (tertiary alicyclic amines) is 1. The van der Waals surface area contributed by atoms with Crippen LogP contribution in [0.4, 0.5) is 4.79 Å². The number of fused-ring (bicyclic) bond motifs is 2. The fraction of sp³-hybridized carbons (Fsp3) is 0.590. The van der Waals surface area contributed by atoms with Crippen molar-refractivity contribution in [2.24, 2.45) is 23.2 Å². The molecule has 3 aromatic rings. The summed E-state index contributed by atoms with van der Waals surface area (Å²) in [6, 6.07) is 3.16. The van der Waals surface area contributed by atoms with Crippen molar-refractivity contribution in [3.05, 3.63) is 28.6 Å². The number of amides is 3. The van der Waals surface area contributed by atoms with E-state index < -0.39 is 53.0 Å². The Labute approximate surface area is 328 Å². The monoisotopic (exact) mass is 797 g/mol. The van der Waals surface area contributed by atoms with Crippen molar-refractivity contribution in [1.29, 1.82) is 0 Å². The molecular weight excluding hydrogens is 750 g/mol. The third kappa shape index (κ3) is 7.61. The van der Waals surface area contributed by atoms with Gasteiger partial charge in [0, 0.05) is 23.3 Å². The zero-order valence-corrected chi connectivity index (χ0v) is 33.7. The SMILES string of the molecule is CC[C@@H]1C[C@]1(NC(=O)[C@@H]1C[C@@H](Oc2cc(-c3csc(OC)n3)nc3c(Cl)c(OC)ccc23)CN1C(=O)[C@@H](NC(=O)O[C@@H]1C[C@@H]2C[C@@H]2C1)C(C)(C)C)C(=O)OC. The maximum atomic E-state index is 14.7. The summed E-state index contributed by atoms with van der Waals surface area (Å²) in [5.74, 6) is 0.436. The van der Waals surface area contributed by atoms with Crippen molar-refractivity contribution in [3.8, 4) is 28.1 Å². The molecule has 3 heterocycles. The fourth-order valence-corrected chi connectivity index (χ4v) is 9.17. The summed E-state index contributed by atoms with van der Waals surface area (Å²) in [6.07, 6.45) is 2.48. The molecule has 296 valence electrons. The first-order valence-electron chi connectivity index (χ1n) is 18.7. The first kappa shape index (κ1) is 38.9. The highest BCUT2D eigenvalue weighted by Gasteiger charge is 2.62. The van der Waals surface area contributed by atoms with Crippen molar-refractivity contribution in [1.82, 2.24) is 25.5 Å². The number of aromatic nitrogens is 2. The molecule has 3 amide bonds. The standard InChI is InChI=1S/C39H48ClN5O9S/c1-8-21-16-39(21,35(48)51-6)44-33(46)27-14-23(17-45(27)34(47)32(38(2,3)4)43-36(49)54-22-12-19-11-20(19)13-22)53-29-15-25(26-18-55-37(42-26)52-7)41-31-24(29)9-10-28(50-5)30(31)40/h9-10,15,18-23,27,32H,8,11-14,16-17H2,1-7H3,(H,43,49)(H,44,46)/t19-,20+,21-,22+,23-,27+,32-,39-/m1/s1. The minimum Gasteiger partial charge on any atom is -0.495 e. The zero-order chi connectivity index (χ0) is 39.4. The number of nitrogens with one attached hydrogen (secondary N) is 2. The third-order valence-corrected chi connectivity index (χ3v) is 12.6. The van der Waals surface area contributed by atoms with Crippen molar-refractivity contribution in [2.45, 2.75) is 96.1 Å². The predicted octanol–water partition coefficient (Wildman–Crippen LogP) is 5.77. The summed E-state index contributed by atoms with van der Waals surface area (Å²) in [4.78, 5) is 66.0. The fourth-order valence-electron chi connectivity index (χ4n) is 8.25. The number of alkyl carbamates (subject to hydrolysis) is 1. The Bertz CT molecular complexity index is 1990. The number of pyridine rings is 1. The molecule has 0 unspecified atom stereocenters. The molecule has 2 N–H and O–H groups in total. The Morgan fingerprint density at radius 3 is 2.36 bits per heavy atom. The molecule has 3 saturated carbocycles. The second-order valence-corrected chi connectivity index (χ2v) is 17.3. The van der Waals surface area contributed by atoms with Gasteiger partial charge in [-0.15, -0.1) is 0 Å². The summed E-state index contributed by atoms with van der Waals surface area (Å²) in [7, 11) is 4.34. The van der Waals surface area contributed by atoms with Crippen LogP contribution in [0, 0.1) is 23.2 Å². The first-order chi connectivity index (χ1) is 26.2. The van der Waals surface area contributed by atoms with Gasteiger partial charge in [-0.05, 0) is 61.0 Å². The average molecular weight is 798 g/mol. The topological polar surface area (TPSA) is 168 Å². The zero-order valence-electron chi connectivity index (χ0n) is 32.1. The number of halogens is 1. The quantitative estimate of drug-likeness (QED) is 0.214. The van der Waals surface area contributed by atoms with Crippen LogP contribution in [-0.4, -0.2) is 96.4 Å². The van der Waals surface area contributed by atoms with E-state index in [2.05, 4.69) is 15.6 Å². The molecule has 7 rings (SSSR count). The van der Waals surface area contributed by atoms with Crippen LogP contribution in [0.3, 0.4) is 0 Å². The second-order valence-electron chi connectivity index (χ2n) is 16.1. The third-order valence-electron chi connectivity index (χ3n) is 11.5. The van der Waals surface area contributed by atoms with Gasteiger partial charge >= 0.3 is 12.1 Å². The van der Waals surface area contributed by atoms with Crippen molar-refractivity contribution >= 4 is 57.7 Å². The van der Waals surface area contributed by atoms with E-state index in [1.165, 1.54) is 44.0 Å². The van der Waals surface area contributed by atoms with E-state index in [1.807, 2.05) is 27.7 Å². The van der Waals surface area contributed by atoms with Gasteiger partial charge in [0.05, 0.1) is 39.1 Å². The molecule has 2 aromatic heterocycles. The maximum Gasteiger partial charge on any atom is 0.408 e. The van der Waals surface area contributed by atoms with Gasteiger partial charge in [-0.1, -0.05) is 57.1 Å². The van der Waals surface area contributed by atoms with E-state index in [-0.39, 0.29) is 30.0 Å². The molecule has 55 heavy (non-hydrogen) atoms. The molecule has 14 nitrogen and oxygen atoms in total. The van der Waals surface area contributed by atoms with Gasteiger partial charge in [0.2, 0.25) is 11.8 Å². The summed E-state index contributed by atoms with van der Waals surface area (Å²) < 4.78 is 28.4. The van der Waals surface area contributed by atoms with Gasteiger partial charge in [0.25, 0.3) is 5.19 Å². The van der Waals surface area contributed by atoms with E-state index >= 15 is 0 Å². The Morgan fingerprint density at radius 1 is 1.00 bits per heavy atom. The number of carbonyl (C=O) groups excluding carboxylic acids is 4. The van der Waals surface area contributed by atoms with Gasteiger partial charge in [-0.2, -0.15) is 0 Å². The van der Waals surface area contributed by atoms with Gasteiger partial charge in [0.1, 0.15) is 52.0 Å². The number of methoxy groups -OCH3 is 3. The van der Waals surface area contributed by atoms with Crippen LogP contribution in [-0.2, 0) is 23.9 Å². The lowest BCUT2D eigenvalue weighted by Crippen LogP contribution is -2.59.